The van der Waals surface area contributed by atoms with E-state index in [2.05, 4.69) is 0 Å². The van der Waals surface area contributed by atoms with Gasteiger partial charge < -0.3 is 14.4 Å². The normalized spacial score (nSPS) is 22.6. The maximum Gasteiger partial charge on any atom is 0.263 e. The van der Waals surface area contributed by atoms with E-state index >= 15 is 0 Å². The minimum atomic E-state index is -0.427. The van der Waals surface area contributed by atoms with Gasteiger partial charge in [-0.2, -0.15) is 0 Å². The van der Waals surface area contributed by atoms with Crippen molar-refractivity contribution in [2.75, 3.05) is 26.3 Å². The van der Waals surface area contributed by atoms with Gasteiger partial charge in [0.25, 0.3) is 5.91 Å². The minimum Gasteiger partial charge on any atom is -0.347 e. The van der Waals surface area contributed by atoms with E-state index in [1.807, 2.05) is 4.90 Å². The smallest absolute Gasteiger partial charge is 0.263 e. The number of carbonyl (C=O) groups excluding carboxylic acids is 1. The predicted molar refractivity (Wildman–Crippen MR) is 69.1 cm³/mol. The summed E-state index contributed by atoms with van der Waals surface area (Å²) in [4.78, 5) is 14.8. The van der Waals surface area contributed by atoms with Gasteiger partial charge in [-0.05, 0) is 6.07 Å². The van der Waals surface area contributed by atoms with Crippen LogP contribution in [0.1, 0.15) is 22.5 Å². The molecule has 3 heterocycles. The fraction of sp³-hybridized carbons (Fsp3) is 0.583. The first kappa shape index (κ1) is 12.4. The lowest BCUT2D eigenvalue weighted by Crippen LogP contribution is -2.47. The predicted octanol–water partition coefficient (Wildman–Crippen LogP) is 2.38. The summed E-state index contributed by atoms with van der Waals surface area (Å²) in [5, 5.41) is 2.41. The van der Waals surface area contributed by atoms with Crippen molar-refractivity contribution in [3.63, 3.8) is 0 Å². The Labute approximate surface area is 114 Å². The van der Waals surface area contributed by atoms with Crippen LogP contribution >= 0.6 is 22.9 Å². The Balaban J connectivity index is 1.64. The van der Waals surface area contributed by atoms with Crippen LogP contribution in [0.5, 0.6) is 0 Å². The molecule has 2 saturated heterocycles. The van der Waals surface area contributed by atoms with Gasteiger partial charge in [0.15, 0.2) is 5.79 Å². The summed E-state index contributed by atoms with van der Waals surface area (Å²) in [5.41, 5.74) is 0. The number of hydrogen-bond acceptors (Lipinski definition) is 4. The Morgan fingerprint density at radius 1 is 1.33 bits per heavy atom. The molecule has 4 nitrogen and oxygen atoms in total. The third kappa shape index (κ3) is 2.28. The van der Waals surface area contributed by atoms with Crippen LogP contribution in [0, 0.1) is 0 Å². The molecule has 1 aromatic rings. The quantitative estimate of drug-likeness (QED) is 0.796. The first-order valence-corrected chi connectivity index (χ1v) is 7.26. The summed E-state index contributed by atoms with van der Waals surface area (Å²) in [5.74, 6) is -0.371. The fourth-order valence-corrected chi connectivity index (χ4v) is 3.46. The zero-order valence-corrected chi connectivity index (χ0v) is 11.4. The van der Waals surface area contributed by atoms with Crippen LogP contribution in [0.2, 0.25) is 5.02 Å². The highest BCUT2D eigenvalue weighted by Crippen LogP contribution is 2.32. The summed E-state index contributed by atoms with van der Waals surface area (Å²) in [6.07, 6.45) is 1.50. The van der Waals surface area contributed by atoms with E-state index in [0.717, 1.165) is 12.8 Å². The molecule has 0 unspecified atom stereocenters. The highest BCUT2D eigenvalue weighted by atomic mass is 35.5. The average molecular weight is 288 g/mol. The van der Waals surface area contributed by atoms with E-state index in [0.29, 0.717) is 36.2 Å². The molecule has 0 radical (unpaired) electrons. The lowest BCUT2D eigenvalue weighted by Gasteiger charge is -2.37. The molecule has 1 aromatic heterocycles. The van der Waals surface area contributed by atoms with E-state index in [4.69, 9.17) is 21.1 Å². The van der Waals surface area contributed by atoms with Crippen molar-refractivity contribution < 1.29 is 14.3 Å². The first-order valence-electron chi connectivity index (χ1n) is 6.00. The second-order valence-corrected chi connectivity index (χ2v) is 5.88. The number of halogens is 1. The van der Waals surface area contributed by atoms with E-state index < -0.39 is 5.79 Å². The van der Waals surface area contributed by atoms with Crippen LogP contribution in [0.15, 0.2) is 11.4 Å². The SMILES string of the molecule is O=C(c1cc(Cl)cs1)N1CCC2(CC1)OCCO2. The van der Waals surface area contributed by atoms with Crippen LogP contribution in [-0.4, -0.2) is 42.9 Å². The van der Waals surface area contributed by atoms with Gasteiger partial charge in [-0.15, -0.1) is 11.3 Å². The van der Waals surface area contributed by atoms with Gasteiger partial charge in [0.05, 0.1) is 23.1 Å². The van der Waals surface area contributed by atoms with Gasteiger partial charge >= 0.3 is 0 Å². The molecule has 3 rings (SSSR count). The van der Waals surface area contributed by atoms with Gasteiger partial charge in [-0.3, -0.25) is 4.79 Å². The lowest BCUT2D eigenvalue weighted by molar-refractivity contribution is -0.181. The number of hydrogen-bond donors (Lipinski definition) is 0. The number of carbonyl (C=O) groups is 1. The van der Waals surface area contributed by atoms with E-state index in [1.54, 1.807) is 11.4 Å². The molecule has 6 heteroatoms. The maximum absolute atomic E-state index is 12.2. The van der Waals surface area contributed by atoms with Gasteiger partial charge in [0.1, 0.15) is 0 Å². The minimum absolute atomic E-state index is 0.0553. The summed E-state index contributed by atoms with van der Waals surface area (Å²) in [6.45, 7) is 2.67. The van der Waals surface area contributed by atoms with Crippen LogP contribution in [-0.2, 0) is 9.47 Å². The number of rotatable bonds is 1. The topological polar surface area (TPSA) is 38.8 Å². The second kappa shape index (κ2) is 4.81. The lowest BCUT2D eigenvalue weighted by atomic mass is 10.0. The van der Waals surface area contributed by atoms with Crippen molar-refractivity contribution in [1.82, 2.24) is 4.90 Å². The summed E-state index contributed by atoms with van der Waals surface area (Å²) < 4.78 is 11.3. The summed E-state index contributed by atoms with van der Waals surface area (Å²) in [7, 11) is 0. The summed E-state index contributed by atoms with van der Waals surface area (Å²) in [6, 6.07) is 1.72. The van der Waals surface area contributed by atoms with Crippen molar-refractivity contribution >= 4 is 28.8 Å². The molecule has 0 bridgehead atoms. The molecule has 18 heavy (non-hydrogen) atoms. The van der Waals surface area contributed by atoms with Crippen molar-refractivity contribution in [2.24, 2.45) is 0 Å². The Bertz CT molecular complexity index is 446. The molecule has 2 aliphatic heterocycles. The van der Waals surface area contributed by atoms with E-state index in [9.17, 15) is 4.79 Å². The molecule has 0 aromatic carbocycles. The van der Waals surface area contributed by atoms with Crippen molar-refractivity contribution in [3.05, 3.63) is 21.3 Å². The highest BCUT2D eigenvalue weighted by Gasteiger charge is 2.40. The Kier molecular flexibility index (Phi) is 3.32. The Morgan fingerprint density at radius 2 is 2.00 bits per heavy atom. The van der Waals surface area contributed by atoms with Gasteiger partial charge in [-0.1, -0.05) is 11.6 Å². The highest BCUT2D eigenvalue weighted by molar-refractivity contribution is 7.12. The molecule has 0 aliphatic carbocycles. The van der Waals surface area contributed by atoms with Crippen LogP contribution in [0.25, 0.3) is 0 Å². The van der Waals surface area contributed by atoms with Crippen molar-refractivity contribution in [3.8, 4) is 0 Å². The van der Waals surface area contributed by atoms with E-state index in [1.165, 1.54) is 11.3 Å². The standard InChI is InChI=1S/C12H14ClNO3S/c13-9-7-10(18-8-9)11(15)14-3-1-12(2-4-14)16-5-6-17-12/h7-8H,1-6H2. The number of ether oxygens (including phenoxy) is 2. The van der Waals surface area contributed by atoms with Gasteiger partial charge in [0, 0.05) is 31.3 Å². The number of nitrogens with zero attached hydrogens (tertiary/aromatic N) is 1. The zero-order valence-electron chi connectivity index (χ0n) is 9.86. The van der Waals surface area contributed by atoms with Crippen LogP contribution in [0.3, 0.4) is 0 Å². The Morgan fingerprint density at radius 3 is 2.56 bits per heavy atom. The first-order chi connectivity index (χ1) is 8.69. The van der Waals surface area contributed by atoms with Crippen molar-refractivity contribution in [1.29, 1.82) is 0 Å². The third-order valence-corrected chi connectivity index (χ3v) is 4.67. The molecule has 2 fully saturated rings. The fourth-order valence-electron chi connectivity index (χ4n) is 2.42. The number of piperidine rings is 1. The molecule has 0 N–H and O–H groups in total. The molecule has 1 amide bonds. The Hall–Kier alpha value is -0.620. The van der Waals surface area contributed by atoms with Crippen LogP contribution in [0.4, 0.5) is 0 Å². The molecule has 0 atom stereocenters. The van der Waals surface area contributed by atoms with Crippen LogP contribution < -0.4 is 0 Å². The second-order valence-electron chi connectivity index (χ2n) is 4.53. The molecule has 0 saturated carbocycles. The van der Waals surface area contributed by atoms with Gasteiger partial charge in [-0.25, -0.2) is 0 Å². The van der Waals surface area contributed by atoms with Crippen molar-refractivity contribution in [2.45, 2.75) is 18.6 Å². The monoisotopic (exact) mass is 287 g/mol. The number of thiophene rings is 1. The zero-order chi connectivity index (χ0) is 12.6. The summed E-state index contributed by atoms with van der Waals surface area (Å²) >= 11 is 7.23. The third-order valence-electron chi connectivity index (χ3n) is 3.40. The number of likely N-dealkylation sites (tertiary alicyclic amines) is 1. The maximum atomic E-state index is 12.2. The average Bonchev–Trinajstić information content (AvgIpc) is 3.00. The molecule has 98 valence electrons. The molecular formula is C12H14ClNO3S. The molecule has 1 spiro atoms. The number of amides is 1. The van der Waals surface area contributed by atoms with Gasteiger partial charge in [0.2, 0.25) is 0 Å². The van der Waals surface area contributed by atoms with E-state index in [-0.39, 0.29) is 5.91 Å². The molecular weight excluding hydrogens is 274 g/mol. The molecule has 2 aliphatic rings. The largest absolute Gasteiger partial charge is 0.347 e.